The van der Waals surface area contributed by atoms with Gasteiger partial charge in [0.25, 0.3) is 0 Å². The summed E-state index contributed by atoms with van der Waals surface area (Å²) >= 11 is 0. The molecule has 1 atom stereocenters. The van der Waals surface area contributed by atoms with Gasteiger partial charge in [-0.05, 0) is 73.9 Å². The first-order chi connectivity index (χ1) is 17.0. The van der Waals surface area contributed by atoms with Gasteiger partial charge in [0.2, 0.25) is 10.0 Å². The van der Waals surface area contributed by atoms with Crippen molar-refractivity contribution in [2.24, 2.45) is 0 Å². The molecule has 0 saturated carbocycles. The smallest absolute Gasteiger partial charge is 0.243 e. The standard InChI is InChI=1S/C27H36N4O3S/c1-3-12-31-26-11-10-24(35(32,33)30-13-15-34-16-14-30)18-25(26)29-27(31)19-28-20(2)22-9-8-21-6-4-5-7-23(21)17-22/h8-11,17-18,20,28H,3-7,12-16,19H2,1-2H3/t20-/m1/s1. The van der Waals surface area contributed by atoms with Gasteiger partial charge in [-0.1, -0.05) is 25.1 Å². The molecule has 0 unspecified atom stereocenters. The summed E-state index contributed by atoms with van der Waals surface area (Å²) in [5.41, 5.74) is 6.01. The van der Waals surface area contributed by atoms with E-state index in [1.54, 1.807) is 12.1 Å². The Morgan fingerprint density at radius 2 is 1.83 bits per heavy atom. The summed E-state index contributed by atoms with van der Waals surface area (Å²) in [4.78, 5) is 5.18. The zero-order chi connectivity index (χ0) is 24.4. The van der Waals surface area contributed by atoms with Crippen molar-refractivity contribution in [2.45, 2.75) is 70.0 Å². The summed E-state index contributed by atoms with van der Waals surface area (Å²) in [6.07, 6.45) is 5.93. The van der Waals surface area contributed by atoms with Crippen LogP contribution in [0.1, 0.15) is 61.7 Å². The topological polar surface area (TPSA) is 76.5 Å². The number of benzene rings is 2. The molecule has 1 saturated heterocycles. The summed E-state index contributed by atoms with van der Waals surface area (Å²) in [7, 11) is -3.55. The highest BCUT2D eigenvalue weighted by molar-refractivity contribution is 7.89. The van der Waals surface area contributed by atoms with E-state index >= 15 is 0 Å². The molecule has 1 fully saturated rings. The second-order valence-corrected chi connectivity index (χ2v) is 11.6. The van der Waals surface area contributed by atoms with E-state index in [0.29, 0.717) is 37.7 Å². The predicted octanol–water partition coefficient (Wildman–Crippen LogP) is 4.20. The van der Waals surface area contributed by atoms with Gasteiger partial charge in [-0.3, -0.25) is 0 Å². The SMILES string of the molecule is CCCn1c(CN[C@H](C)c2ccc3c(c2)CCCC3)nc2cc(S(=O)(=O)N3CCOCC3)ccc21. The van der Waals surface area contributed by atoms with Crippen molar-refractivity contribution in [3.63, 3.8) is 0 Å². The molecule has 0 amide bonds. The highest BCUT2D eigenvalue weighted by Crippen LogP contribution is 2.26. The molecular weight excluding hydrogens is 460 g/mol. The minimum atomic E-state index is -3.55. The quantitative estimate of drug-likeness (QED) is 0.506. The van der Waals surface area contributed by atoms with Crippen molar-refractivity contribution < 1.29 is 13.2 Å². The molecule has 1 aliphatic carbocycles. The lowest BCUT2D eigenvalue weighted by Gasteiger charge is -2.26. The molecule has 35 heavy (non-hydrogen) atoms. The maximum absolute atomic E-state index is 13.1. The largest absolute Gasteiger partial charge is 0.379 e. The van der Waals surface area contributed by atoms with Crippen molar-refractivity contribution in [3.8, 4) is 0 Å². The van der Waals surface area contributed by atoms with E-state index in [1.165, 1.54) is 46.7 Å². The number of morpholine rings is 1. The molecular formula is C27H36N4O3S. The highest BCUT2D eigenvalue weighted by atomic mass is 32.2. The van der Waals surface area contributed by atoms with Gasteiger partial charge in [-0.2, -0.15) is 4.31 Å². The number of nitrogens with one attached hydrogen (secondary N) is 1. The van der Waals surface area contributed by atoms with Gasteiger partial charge in [0, 0.05) is 25.7 Å². The average Bonchev–Trinajstić information content (AvgIpc) is 3.24. The van der Waals surface area contributed by atoms with Gasteiger partial charge in [0.05, 0.1) is 35.7 Å². The molecule has 3 aromatic rings. The second kappa shape index (κ2) is 10.4. The van der Waals surface area contributed by atoms with Crippen LogP contribution in [0.25, 0.3) is 11.0 Å². The van der Waals surface area contributed by atoms with Crippen LogP contribution >= 0.6 is 0 Å². The normalized spacial score (nSPS) is 18.0. The lowest BCUT2D eigenvalue weighted by molar-refractivity contribution is 0.0730. The molecule has 7 nitrogen and oxygen atoms in total. The van der Waals surface area contributed by atoms with E-state index in [2.05, 4.69) is 41.9 Å². The van der Waals surface area contributed by atoms with Crippen molar-refractivity contribution in [1.29, 1.82) is 0 Å². The third kappa shape index (κ3) is 5.03. The third-order valence-electron chi connectivity index (χ3n) is 7.29. The van der Waals surface area contributed by atoms with Crippen LogP contribution in [0, 0.1) is 0 Å². The first-order valence-corrected chi connectivity index (χ1v) is 14.3. The van der Waals surface area contributed by atoms with Crippen LogP contribution < -0.4 is 5.32 Å². The number of hydrogen-bond donors (Lipinski definition) is 1. The number of fused-ring (bicyclic) bond motifs is 2. The monoisotopic (exact) mass is 496 g/mol. The Kier molecular flexibility index (Phi) is 7.25. The van der Waals surface area contributed by atoms with Crippen molar-refractivity contribution >= 4 is 21.1 Å². The Bertz CT molecular complexity index is 1300. The van der Waals surface area contributed by atoms with Gasteiger partial charge < -0.3 is 14.6 Å². The minimum absolute atomic E-state index is 0.203. The van der Waals surface area contributed by atoms with Crippen LogP contribution in [-0.4, -0.2) is 48.6 Å². The van der Waals surface area contributed by atoms with Gasteiger partial charge >= 0.3 is 0 Å². The summed E-state index contributed by atoms with van der Waals surface area (Å²) < 4.78 is 35.3. The molecule has 1 aliphatic heterocycles. The second-order valence-electron chi connectivity index (χ2n) is 9.68. The fourth-order valence-corrected chi connectivity index (χ4v) is 6.68. The summed E-state index contributed by atoms with van der Waals surface area (Å²) in [5, 5.41) is 3.65. The molecule has 2 aromatic carbocycles. The van der Waals surface area contributed by atoms with Crippen LogP contribution in [0.15, 0.2) is 41.3 Å². The Hall–Kier alpha value is -2.26. The molecule has 0 radical (unpaired) electrons. The fourth-order valence-electron chi connectivity index (χ4n) is 5.25. The zero-order valence-electron chi connectivity index (χ0n) is 20.8. The fraction of sp³-hybridized carbons (Fsp3) is 0.519. The average molecular weight is 497 g/mol. The molecule has 188 valence electrons. The zero-order valence-corrected chi connectivity index (χ0v) is 21.6. The highest BCUT2D eigenvalue weighted by Gasteiger charge is 2.27. The molecule has 0 bridgehead atoms. The summed E-state index contributed by atoms with van der Waals surface area (Å²) in [6, 6.07) is 12.5. The van der Waals surface area contributed by atoms with E-state index in [0.717, 1.165) is 29.8 Å². The molecule has 8 heteroatoms. The van der Waals surface area contributed by atoms with Crippen molar-refractivity contribution in [2.75, 3.05) is 26.3 Å². The molecule has 1 N–H and O–H groups in total. The van der Waals surface area contributed by atoms with E-state index < -0.39 is 10.0 Å². The van der Waals surface area contributed by atoms with Crippen LogP contribution in [-0.2, 0) is 40.7 Å². The molecule has 1 aromatic heterocycles. The predicted molar refractivity (Wildman–Crippen MR) is 138 cm³/mol. The van der Waals surface area contributed by atoms with Crippen LogP contribution in [0.4, 0.5) is 0 Å². The number of aryl methyl sites for hydroxylation is 3. The van der Waals surface area contributed by atoms with Gasteiger partial charge in [-0.15, -0.1) is 0 Å². The Balaban J connectivity index is 1.37. The number of rotatable bonds is 8. The Labute approximate surface area is 208 Å². The lowest BCUT2D eigenvalue weighted by atomic mass is 9.89. The summed E-state index contributed by atoms with van der Waals surface area (Å²) in [6.45, 7) is 7.46. The number of aromatic nitrogens is 2. The van der Waals surface area contributed by atoms with Crippen molar-refractivity contribution in [1.82, 2.24) is 19.2 Å². The Morgan fingerprint density at radius 1 is 1.06 bits per heavy atom. The van der Waals surface area contributed by atoms with Crippen LogP contribution in [0.5, 0.6) is 0 Å². The first-order valence-electron chi connectivity index (χ1n) is 12.9. The van der Waals surface area contributed by atoms with Crippen LogP contribution in [0.3, 0.4) is 0 Å². The van der Waals surface area contributed by atoms with Gasteiger partial charge in [0.15, 0.2) is 0 Å². The van der Waals surface area contributed by atoms with E-state index in [1.807, 2.05) is 6.07 Å². The van der Waals surface area contributed by atoms with Crippen LogP contribution in [0.2, 0.25) is 0 Å². The first kappa shape index (κ1) is 24.4. The van der Waals surface area contributed by atoms with Gasteiger partial charge in [0.1, 0.15) is 5.82 Å². The Morgan fingerprint density at radius 3 is 2.60 bits per heavy atom. The van der Waals surface area contributed by atoms with Crippen molar-refractivity contribution in [3.05, 3.63) is 58.9 Å². The maximum atomic E-state index is 13.1. The molecule has 2 aliphatic rings. The molecule has 5 rings (SSSR count). The molecule has 2 heterocycles. The van der Waals surface area contributed by atoms with E-state index in [9.17, 15) is 8.42 Å². The third-order valence-corrected chi connectivity index (χ3v) is 9.19. The van der Waals surface area contributed by atoms with E-state index in [-0.39, 0.29) is 6.04 Å². The summed E-state index contributed by atoms with van der Waals surface area (Å²) in [5.74, 6) is 0.938. The van der Waals surface area contributed by atoms with E-state index in [4.69, 9.17) is 9.72 Å². The lowest BCUT2D eigenvalue weighted by Crippen LogP contribution is -2.40. The molecule has 0 spiro atoms. The number of hydrogen-bond acceptors (Lipinski definition) is 5. The number of imidazole rings is 1. The number of sulfonamides is 1. The minimum Gasteiger partial charge on any atom is -0.379 e. The van der Waals surface area contributed by atoms with Gasteiger partial charge in [-0.25, -0.2) is 13.4 Å². The number of nitrogens with zero attached hydrogens (tertiary/aromatic N) is 3. The maximum Gasteiger partial charge on any atom is 0.243 e. The number of ether oxygens (including phenoxy) is 1.